The third kappa shape index (κ3) is 3.15. The predicted octanol–water partition coefficient (Wildman–Crippen LogP) is 3.42. The van der Waals surface area contributed by atoms with Crippen LogP contribution >= 0.6 is 11.8 Å². The van der Waals surface area contributed by atoms with Crippen LogP contribution in [0, 0.1) is 0 Å². The van der Waals surface area contributed by atoms with Gasteiger partial charge in [0, 0.05) is 17.4 Å². The molecule has 0 heterocycles. The molecule has 2 aromatic rings. The summed E-state index contributed by atoms with van der Waals surface area (Å²) in [6.45, 7) is 0. The summed E-state index contributed by atoms with van der Waals surface area (Å²) in [5.41, 5.74) is 5.15. The number of fused-ring (bicyclic) bond motifs is 3. The third-order valence-electron chi connectivity index (χ3n) is 3.73. The third-order valence-corrected chi connectivity index (χ3v) is 5.77. The van der Waals surface area contributed by atoms with Crippen LogP contribution in [-0.2, 0) is 10.1 Å². The monoisotopic (exact) mass is 320 g/mol. The molecule has 5 heteroatoms. The maximum atomic E-state index is 10.8. The SMILES string of the molecule is O=S(=O)(O)CCSCC1c2ccccc2-c2ccccc21. The molecule has 3 nitrogen and oxygen atoms in total. The fourth-order valence-electron chi connectivity index (χ4n) is 2.80. The lowest BCUT2D eigenvalue weighted by atomic mass is 9.99. The molecule has 0 bridgehead atoms. The first-order valence-corrected chi connectivity index (χ1v) is 9.54. The van der Waals surface area contributed by atoms with Crippen molar-refractivity contribution in [2.24, 2.45) is 0 Å². The second kappa shape index (κ2) is 5.83. The van der Waals surface area contributed by atoms with Crippen LogP contribution in [0.25, 0.3) is 11.1 Å². The molecule has 0 unspecified atom stereocenters. The van der Waals surface area contributed by atoms with Gasteiger partial charge in [-0.05, 0) is 22.3 Å². The minimum Gasteiger partial charge on any atom is -0.286 e. The first-order chi connectivity index (χ1) is 10.1. The molecule has 110 valence electrons. The fraction of sp³-hybridized carbons (Fsp3) is 0.250. The van der Waals surface area contributed by atoms with Gasteiger partial charge in [0.2, 0.25) is 0 Å². The van der Waals surface area contributed by atoms with Gasteiger partial charge >= 0.3 is 0 Å². The molecule has 0 atom stereocenters. The Morgan fingerprint density at radius 3 is 2.00 bits per heavy atom. The van der Waals surface area contributed by atoms with E-state index in [4.69, 9.17) is 4.55 Å². The van der Waals surface area contributed by atoms with Crippen LogP contribution in [0.2, 0.25) is 0 Å². The fourth-order valence-corrected chi connectivity index (χ4v) is 4.88. The first-order valence-electron chi connectivity index (χ1n) is 6.77. The summed E-state index contributed by atoms with van der Waals surface area (Å²) in [5, 5.41) is 0. The highest BCUT2D eigenvalue weighted by molar-refractivity contribution is 8.00. The van der Waals surface area contributed by atoms with E-state index in [9.17, 15) is 8.42 Å². The van der Waals surface area contributed by atoms with E-state index in [1.54, 1.807) is 11.8 Å². The standard InChI is InChI=1S/C16H16O3S2/c17-21(18,19)10-9-20-11-16-14-7-3-1-5-12(14)13-6-2-4-8-15(13)16/h1-8,16H,9-11H2,(H,17,18,19). The molecule has 21 heavy (non-hydrogen) atoms. The maximum absolute atomic E-state index is 10.8. The van der Waals surface area contributed by atoms with E-state index in [0.717, 1.165) is 5.75 Å². The van der Waals surface area contributed by atoms with Gasteiger partial charge in [0.1, 0.15) is 0 Å². The molecule has 1 aliphatic carbocycles. The van der Waals surface area contributed by atoms with Gasteiger partial charge in [0.05, 0.1) is 5.75 Å². The van der Waals surface area contributed by atoms with E-state index in [0.29, 0.717) is 11.7 Å². The Kier molecular flexibility index (Phi) is 4.06. The van der Waals surface area contributed by atoms with Crippen molar-refractivity contribution in [2.45, 2.75) is 5.92 Å². The van der Waals surface area contributed by atoms with Gasteiger partial charge in [-0.2, -0.15) is 20.2 Å². The largest absolute Gasteiger partial charge is 0.286 e. The van der Waals surface area contributed by atoms with Gasteiger partial charge in [0.25, 0.3) is 10.1 Å². The number of hydrogen-bond acceptors (Lipinski definition) is 3. The molecule has 0 amide bonds. The van der Waals surface area contributed by atoms with Crippen molar-refractivity contribution in [1.82, 2.24) is 0 Å². The Labute approximate surface area is 129 Å². The summed E-state index contributed by atoms with van der Waals surface area (Å²) in [4.78, 5) is 0. The Morgan fingerprint density at radius 2 is 1.48 bits per heavy atom. The zero-order valence-corrected chi connectivity index (χ0v) is 13.0. The highest BCUT2D eigenvalue weighted by Crippen LogP contribution is 2.45. The van der Waals surface area contributed by atoms with E-state index >= 15 is 0 Å². The minimum atomic E-state index is -3.86. The molecule has 0 fully saturated rings. The van der Waals surface area contributed by atoms with Gasteiger partial charge in [-0.15, -0.1) is 0 Å². The number of thioether (sulfide) groups is 1. The van der Waals surface area contributed by atoms with E-state index in [-0.39, 0.29) is 5.75 Å². The van der Waals surface area contributed by atoms with Crippen LogP contribution in [0.1, 0.15) is 17.0 Å². The van der Waals surface area contributed by atoms with Gasteiger partial charge < -0.3 is 0 Å². The van der Waals surface area contributed by atoms with E-state index in [2.05, 4.69) is 24.3 Å². The highest BCUT2D eigenvalue weighted by Gasteiger charge is 2.27. The van der Waals surface area contributed by atoms with Crippen LogP contribution in [0.15, 0.2) is 48.5 Å². The van der Waals surface area contributed by atoms with Crippen molar-refractivity contribution in [2.75, 3.05) is 17.3 Å². The average Bonchev–Trinajstić information content (AvgIpc) is 2.77. The quantitative estimate of drug-likeness (QED) is 0.677. The van der Waals surface area contributed by atoms with Crippen molar-refractivity contribution >= 4 is 21.9 Å². The van der Waals surface area contributed by atoms with Crippen molar-refractivity contribution < 1.29 is 13.0 Å². The highest BCUT2D eigenvalue weighted by atomic mass is 32.2. The van der Waals surface area contributed by atoms with Gasteiger partial charge in [-0.1, -0.05) is 48.5 Å². The van der Waals surface area contributed by atoms with Crippen LogP contribution in [-0.4, -0.2) is 30.2 Å². The van der Waals surface area contributed by atoms with Crippen molar-refractivity contribution in [3.63, 3.8) is 0 Å². The zero-order chi connectivity index (χ0) is 14.9. The Bertz CT molecular complexity index is 708. The Morgan fingerprint density at radius 1 is 0.952 bits per heavy atom. The van der Waals surface area contributed by atoms with Crippen molar-refractivity contribution in [1.29, 1.82) is 0 Å². The second-order valence-electron chi connectivity index (χ2n) is 5.09. The topological polar surface area (TPSA) is 54.4 Å². The molecule has 1 N–H and O–H groups in total. The summed E-state index contributed by atoms with van der Waals surface area (Å²) in [5.74, 6) is 1.35. The molecule has 0 saturated carbocycles. The van der Waals surface area contributed by atoms with E-state index in [1.807, 2.05) is 24.3 Å². The summed E-state index contributed by atoms with van der Waals surface area (Å²) < 4.78 is 30.3. The zero-order valence-electron chi connectivity index (χ0n) is 11.4. The predicted molar refractivity (Wildman–Crippen MR) is 87.5 cm³/mol. The van der Waals surface area contributed by atoms with Crippen LogP contribution in [0.5, 0.6) is 0 Å². The van der Waals surface area contributed by atoms with Crippen LogP contribution in [0.4, 0.5) is 0 Å². The van der Waals surface area contributed by atoms with Crippen molar-refractivity contribution in [3.8, 4) is 11.1 Å². The lowest BCUT2D eigenvalue weighted by Crippen LogP contribution is -2.08. The number of hydrogen-bond donors (Lipinski definition) is 1. The Hall–Kier alpha value is -1.30. The first kappa shape index (κ1) is 14.6. The van der Waals surface area contributed by atoms with Crippen molar-refractivity contribution in [3.05, 3.63) is 59.7 Å². The molecule has 0 radical (unpaired) electrons. The molecule has 0 aliphatic heterocycles. The summed E-state index contributed by atoms with van der Waals surface area (Å²) >= 11 is 1.57. The maximum Gasteiger partial charge on any atom is 0.265 e. The number of benzene rings is 2. The summed E-state index contributed by atoms with van der Waals surface area (Å²) in [6, 6.07) is 16.7. The van der Waals surface area contributed by atoms with Gasteiger partial charge in [0.15, 0.2) is 0 Å². The smallest absolute Gasteiger partial charge is 0.265 e. The lowest BCUT2D eigenvalue weighted by molar-refractivity contribution is 0.485. The lowest BCUT2D eigenvalue weighted by Gasteiger charge is -2.12. The second-order valence-corrected chi connectivity index (χ2v) is 7.81. The van der Waals surface area contributed by atoms with Crippen LogP contribution < -0.4 is 0 Å². The molecular weight excluding hydrogens is 304 g/mol. The van der Waals surface area contributed by atoms with E-state index < -0.39 is 10.1 Å². The molecule has 0 spiro atoms. The van der Waals surface area contributed by atoms with Crippen LogP contribution in [0.3, 0.4) is 0 Å². The summed E-state index contributed by atoms with van der Waals surface area (Å²) in [7, 11) is -3.86. The molecule has 0 saturated heterocycles. The molecule has 2 aromatic carbocycles. The normalized spacial score (nSPS) is 14.0. The van der Waals surface area contributed by atoms with Gasteiger partial charge in [-0.25, -0.2) is 0 Å². The average molecular weight is 320 g/mol. The molecule has 0 aromatic heterocycles. The summed E-state index contributed by atoms with van der Waals surface area (Å²) in [6.07, 6.45) is 0. The number of rotatable bonds is 5. The molecular formula is C16H16O3S2. The minimum absolute atomic E-state index is 0.187. The van der Waals surface area contributed by atoms with E-state index in [1.165, 1.54) is 22.3 Å². The van der Waals surface area contributed by atoms with Gasteiger partial charge in [-0.3, -0.25) is 4.55 Å². The molecule has 1 aliphatic rings. The Balaban J connectivity index is 1.79. The molecule has 3 rings (SSSR count).